The van der Waals surface area contributed by atoms with Crippen LogP contribution in [0.25, 0.3) is 0 Å². The first-order valence-electron chi connectivity index (χ1n) is 6.23. The van der Waals surface area contributed by atoms with E-state index in [9.17, 15) is 0 Å². The SMILES string of the molecule is COc1cc(OC)cc(Oc2ccc(CN)c(C)n2)c1. The third-order valence-electron chi connectivity index (χ3n) is 2.94. The van der Waals surface area contributed by atoms with Gasteiger partial charge in [-0.05, 0) is 12.5 Å². The minimum atomic E-state index is 0.464. The van der Waals surface area contributed by atoms with Crippen LogP contribution in [-0.2, 0) is 6.54 Å². The van der Waals surface area contributed by atoms with Gasteiger partial charge in [0.05, 0.1) is 14.2 Å². The monoisotopic (exact) mass is 274 g/mol. The standard InChI is InChI=1S/C15H18N2O3/c1-10-11(9-16)4-5-15(17-10)20-14-7-12(18-2)6-13(8-14)19-3/h4-8H,9,16H2,1-3H3. The predicted octanol–water partition coefficient (Wildman–Crippen LogP) is 2.66. The van der Waals surface area contributed by atoms with Gasteiger partial charge in [-0.15, -0.1) is 0 Å². The summed E-state index contributed by atoms with van der Waals surface area (Å²) in [5.74, 6) is 2.44. The molecule has 20 heavy (non-hydrogen) atoms. The molecule has 1 aromatic carbocycles. The third kappa shape index (κ3) is 3.19. The second-order valence-corrected chi connectivity index (χ2v) is 4.25. The lowest BCUT2D eigenvalue weighted by molar-refractivity contribution is 0.385. The van der Waals surface area contributed by atoms with Crippen molar-refractivity contribution in [2.24, 2.45) is 5.73 Å². The number of hydrogen-bond acceptors (Lipinski definition) is 5. The Morgan fingerprint density at radius 3 is 2.10 bits per heavy atom. The molecule has 2 N–H and O–H groups in total. The van der Waals surface area contributed by atoms with Crippen molar-refractivity contribution in [3.05, 3.63) is 41.6 Å². The molecule has 0 aliphatic heterocycles. The van der Waals surface area contributed by atoms with E-state index < -0.39 is 0 Å². The molecule has 0 amide bonds. The number of hydrogen-bond donors (Lipinski definition) is 1. The number of ether oxygens (including phenoxy) is 3. The first-order valence-corrected chi connectivity index (χ1v) is 6.23. The Labute approximate surface area is 118 Å². The summed E-state index contributed by atoms with van der Waals surface area (Å²) >= 11 is 0. The Hall–Kier alpha value is -2.27. The lowest BCUT2D eigenvalue weighted by Gasteiger charge is -2.10. The molecular weight excluding hydrogens is 256 g/mol. The third-order valence-corrected chi connectivity index (χ3v) is 2.94. The Kier molecular flexibility index (Phi) is 4.42. The summed E-state index contributed by atoms with van der Waals surface area (Å²) in [6.07, 6.45) is 0. The number of pyridine rings is 1. The van der Waals surface area contributed by atoms with Crippen molar-refractivity contribution in [3.8, 4) is 23.1 Å². The summed E-state index contributed by atoms with van der Waals surface area (Å²) in [5, 5.41) is 0. The number of rotatable bonds is 5. The smallest absolute Gasteiger partial charge is 0.219 e. The minimum Gasteiger partial charge on any atom is -0.496 e. The Morgan fingerprint density at radius 2 is 1.60 bits per heavy atom. The molecule has 1 heterocycles. The molecule has 0 spiro atoms. The van der Waals surface area contributed by atoms with Gasteiger partial charge in [-0.3, -0.25) is 0 Å². The number of benzene rings is 1. The van der Waals surface area contributed by atoms with E-state index >= 15 is 0 Å². The Bertz CT molecular complexity index is 577. The van der Waals surface area contributed by atoms with Gasteiger partial charge in [0.15, 0.2) is 0 Å². The van der Waals surface area contributed by atoms with Crippen LogP contribution in [0.5, 0.6) is 23.1 Å². The zero-order chi connectivity index (χ0) is 14.5. The quantitative estimate of drug-likeness (QED) is 0.908. The van der Waals surface area contributed by atoms with Crippen molar-refractivity contribution >= 4 is 0 Å². The zero-order valence-electron chi connectivity index (χ0n) is 11.8. The molecule has 0 atom stereocenters. The Balaban J connectivity index is 2.27. The highest BCUT2D eigenvalue weighted by Crippen LogP contribution is 2.30. The highest BCUT2D eigenvalue weighted by molar-refractivity contribution is 5.43. The molecule has 0 saturated heterocycles. The van der Waals surface area contributed by atoms with Gasteiger partial charge in [0.1, 0.15) is 17.2 Å². The van der Waals surface area contributed by atoms with Crippen LogP contribution in [-0.4, -0.2) is 19.2 Å². The summed E-state index contributed by atoms with van der Waals surface area (Å²) in [7, 11) is 3.19. The molecule has 5 heteroatoms. The van der Waals surface area contributed by atoms with Crippen molar-refractivity contribution in [2.45, 2.75) is 13.5 Å². The van der Waals surface area contributed by atoms with E-state index in [4.69, 9.17) is 19.9 Å². The van der Waals surface area contributed by atoms with Crippen LogP contribution in [0.4, 0.5) is 0 Å². The van der Waals surface area contributed by atoms with Gasteiger partial charge >= 0.3 is 0 Å². The fourth-order valence-corrected chi connectivity index (χ4v) is 1.80. The van der Waals surface area contributed by atoms with Crippen molar-refractivity contribution in [3.63, 3.8) is 0 Å². The van der Waals surface area contributed by atoms with E-state index in [1.54, 1.807) is 38.5 Å². The molecule has 0 bridgehead atoms. The van der Waals surface area contributed by atoms with E-state index in [0.29, 0.717) is 29.7 Å². The van der Waals surface area contributed by atoms with E-state index in [0.717, 1.165) is 11.3 Å². The number of nitrogens with zero attached hydrogens (tertiary/aromatic N) is 1. The second-order valence-electron chi connectivity index (χ2n) is 4.25. The van der Waals surface area contributed by atoms with Crippen LogP contribution in [0.15, 0.2) is 30.3 Å². The number of aryl methyl sites for hydroxylation is 1. The van der Waals surface area contributed by atoms with Crippen molar-refractivity contribution < 1.29 is 14.2 Å². The maximum absolute atomic E-state index is 5.73. The van der Waals surface area contributed by atoms with Crippen LogP contribution in [0.3, 0.4) is 0 Å². The first kappa shape index (κ1) is 14.1. The summed E-state index contributed by atoms with van der Waals surface area (Å²) in [4.78, 5) is 4.37. The van der Waals surface area contributed by atoms with E-state index in [-0.39, 0.29) is 0 Å². The summed E-state index contributed by atoms with van der Waals surface area (Å²) in [6, 6.07) is 9.03. The maximum Gasteiger partial charge on any atom is 0.219 e. The van der Waals surface area contributed by atoms with E-state index in [1.807, 2.05) is 13.0 Å². The molecule has 2 aromatic rings. The molecule has 5 nitrogen and oxygen atoms in total. The van der Waals surface area contributed by atoms with Gasteiger partial charge in [0.25, 0.3) is 0 Å². The molecule has 0 aliphatic carbocycles. The average molecular weight is 274 g/mol. The summed E-state index contributed by atoms with van der Waals surface area (Å²) < 4.78 is 16.1. The van der Waals surface area contributed by atoms with Gasteiger partial charge in [-0.1, -0.05) is 6.07 Å². The molecule has 0 unspecified atom stereocenters. The van der Waals surface area contributed by atoms with Gasteiger partial charge in [0, 0.05) is 36.5 Å². The summed E-state index contributed by atoms with van der Waals surface area (Å²) in [5.41, 5.74) is 7.48. The molecule has 0 saturated carbocycles. The predicted molar refractivity (Wildman–Crippen MR) is 76.5 cm³/mol. The Morgan fingerprint density at radius 1 is 1.00 bits per heavy atom. The van der Waals surface area contributed by atoms with Crippen molar-refractivity contribution in [1.29, 1.82) is 0 Å². The van der Waals surface area contributed by atoms with Gasteiger partial charge in [-0.2, -0.15) is 0 Å². The number of nitrogens with two attached hydrogens (primary N) is 1. The van der Waals surface area contributed by atoms with E-state index in [1.165, 1.54) is 0 Å². The molecule has 1 aromatic heterocycles. The summed E-state index contributed by atoms with van der Waals surface area (Å²) in [6.45, 7) is 2.37. The van der Waals surface area contributed by atoms with Gasteiger partial charge in [0.2, 0.25) is 5.88 Å². The number of methoxy groups -OCH3 is 2. The molecule has 0 aliphatic rings. The van der Waals surface area contributed by atoms with Gasteiger partial charge < -0.3 is 19.9 Å². The van der Waals surface area contributed by atoms with Crippen molar-refractivity contribution in [2.75, 3.05) is 14.2 Å². The van der Waals surface area contributed by atoms with Crippen LogP contribution in [0.1, 0.15) is 11.3 Å². The maximum atomic E-state index is 5.73. The van der Waals surface area contributed by atoms with Crippen LogP contribution >= 0.6 is 0 Å². The second kappa shape index (κ2) is 6.25. The van der Waals surface area contributed by atoms with Crippen LogP contribution < -0.4 is 19.9 Å². The fraction of sp³-hybridized carbons (Fsp3) is 0.267. The highest BCUT2D eigenvalue weighted by Gasteiger charge is 2.06. The first-order chi connectivity index (χ1) is 9.66. The number of aromatic nitrogens is 1. The normalized spacial score (nSPS) is 10.2. The van der Waals surface area contributed by atoms with Gasteiger partial charge in [-0.25, -0.2) is 4.98 Å². The molecule has 0 radical (unpaired) electrons. The minimum absolute atomic E-state index is 0.464. The van der Waals surface area contributed by atoms with E-state index in [2.05, 4.69) is 4.98 Å². The topological polar surface area (TPSA) is 66.6 Å². The van der Waals surface area contributed by atoms with Crippen molar-refractivity contribution in [1.82, 2.24) is 4.98 Å². The van der Waals surface area contributed by atoms with Crippen LogP contribution in [0, 0.1) is 6.92 Å². The highest BCUT2D eigenvalue weighted by atomic mass is 16.5. The molecule has 0 fully saturated rings. The lowest BCUT2D eigenvalue weighted by Crippen LogP contribution is -2.01. The largest absolute Gasteiger partial charge is 0.496 e. The molecule has 106 valence electrons. The van der Waals surface area contributed by atoms with Crippen LogP contribution in [0.2, 0.25) is 0 Å². The molecular formula is C15H18N2O3. The fourth-order valence-electron chi connectivity index (χ4n) is 1.80. The lowest BCUT2D eigenvalue weighted by atomic mass is 10.2. The molecule has 2 rings (SSSR count). The average Bonchev–Trinajstić information content (AvgIpc) is 2.47. The zero-order valence-corrected chi connectivity index (χ0v) is 11.8.